The van der Waals surface area contributed by atoms with Crippen LogP contribution in [-0.4, -0.2) is 16.9 Å². The predicted molar refractivity (Wildman–Crippen MR) is 123 cm³/mol. The van der Waals surface area contributed by atoms with Gasteiger partial charge in [-0.2, -0.15) is 0 Å². The van der Waals surface area contributed by atoms with Gasteiger partial charge in [0.05, 0.1) is 21.8 Å². The molecule has 9 heteroatoms. The first-order valence-corrected chi connectivity index (χ1v) is 10.6. The van der Waals surface area contributed by atoms with Gasteiger partial charge in [-0.15, -0.1) is 0 Å². The average molecular weight is 491 g/mol. The zero-order chi connectivity index (χ0) is 25.2. The second-order valence-electron chi connectivity index (χ2n) is 8.29. The van der Waals surface area contributed by atoms with Crippen molar-refractivity contribution in [2.45, 2.75) is 32.9 Å². The van der Waals surface area contributed by atoms with E-state index in [9.17, 15) is 27.9 Å². The highest BCUT2D eigenvalue weighted by Gasteiger charge is 2.21. The second-order valence-corrected chi connectivity index (χ2v) is 8.69. The largest absolute Gasteiger partial charge is 0.386 e. The summed E-state index contributed by atoms with van der Waals surface area (Å²) in [7, 11) is 0. The lowest BCUT2D eigenvalue weighted by atomic mass is 9.96. The fourth-order valence-corrected chi connectivity index (χ4v) is 3.43. The van der Waals surface area contributed by atoms with Crippen molar-refractivity contribution in [3.05, 3.63) is 98.8 Å². The highest BCUT2D eigenvalue weighted by Crippen LogP contribution is 2.27. The molecule has 34 heavy (non-hydrogen) atoms. The Morgan fingerprint density at radius 2 is 1.62 bits per heavy atom. The van der Waals surface area contributed by atoms with Crippen LogP contribution in [0.1, 0.15) is 51.3 Å². The zero-order valence-electron chi connectivity index (χ0n) is 18.6. The highest BCUT2D eigenvalue weighted by atomic mass is 35.5. The van der Waals surface area contributed by atoms with Gasteiger partial charge in [0.1, 0.15) is 5.82 Å². The average Bonchev–Trinajstić information content (AvgIpc) is 2.75. The van der Waals surface area contributed by atoms with Crippen LogP contribution in [0.4, 0.5) is 18.9 Å². The number of aliphatic hydroxyl groups is 1. The lowest BCUT2D eigenvalue weighted by Gasteiger charge is -2.19. The first kappa shape index (κ1) is 25.3. The van der Waals surface area contributed by atoms with E-state index in [1.54, 1.807) is 39.0 Å². The number of rotatable bonds is 6. The van der Waals surface area contributed by atoms with Crippen molar-refractivity contribution in [3.63, 3.8) is 0 Å². The van der Waals surface area contributed by atoms with E-state index in [0.29, 0.717) is 16.8 Å². The summed E-state index contributed by atoms with van der Waals surface area (Å²) < 4.78 is 40.8. The lowest BCUT2D eigenvalue weighted by molar-refractivity contribution is 0.0785. The van der Waals surface area contributed by atoms with Gasteiger partial charge in [0.15, 0.2) is 11.6 Å². The molecule has 0 saturated heterocycles. The van der Waals surface area contributed by atoms with Crippen LogP contribution in [0.2, 0.25) is 5.02 Å². The van der Waals surface area contributed by atoms with Crippen molar-refractivity contribution in [1.29, 1.82) is 0 Å². The Labute approximate surface area is 199 Å². The molecular formula is C25H22ClF3N2O3. The number of carbonyl (C=O) groups is 2. The molecule has 0 spiro atoms. The van der Waals surface area contributed by atoms with E-state index in [-0.39, 0.29) is 22.7 Å². The molecule has 0 aliphatic carbocycles. The molecule has 5 nitrogen and oxygen atoms in total. The Morgan fingerprint density at radius 1 is 0.912 bits per heavy atom. The first-order valence-electron chi connectivity index (χ1n) is 10.2. The number of hydrogen-bond acceptors (Lipinski definition) is 3. The van der Waals surface area contributed by atoms with E-state index < -0.39 is 40.4 Å². The highest BCUT2D eigenvalue weighted by molar-refractivity contribution is 6.34. The fraction of sp³-hybridized carbons (Fsp3) is 0.200. The van der Waals surface area contributed by atoms with Gasteiger partial charge >= 0.3 is 0 Å². The fourth-order valence-electron chi connectivity index (χ4n) is 3.20. The number of carbonyl (C=O) groups excluding carboxylic acids is 2. The van der Waals surface area contributed by atoms with Gasteiger partial charge in [-0.05, 0) is 67.8 Å². The summed E-state index contributed by atoms with van der Waals surface area (Å²) in [6.07, 6.45) is 0. The second kappa shape index (κ2) is 9.87. The van der Waals surface area contributed by atoms with Gasteiger partial charge in [-0.3, -0.25) is 9.59 Å². The Kier molecular flexibility index (Phi) is 7.33. The molecule has 0 atom stereocenters. The molecular weight excluding hydrogens is 469 g/mol. The van der Waals surface area contributed by atoms with Crippen LogP contribution < -0.4 is 10.6 Å². The maximum Gasteiger partial charge on any atom is 0.257 e. The number of amides is 2. The Morgan fingerprint density at radius 3 is 2.24 bits per heavy atom. The van der Waals surface area contributed by atoms with E-state index in [2.05, 4.69) is 10.6 Å². The Bertz CT molecular complexity index is 1270. The molecule has 0 radical (unpaired) electrons. The minimum Gasteiger partial charge on any atom is -0.386 e. The summed E-state index contributed by atoms with van der Waals surface area (Å²) in [5.41, 5.74) is 0.416. The number of hydrogen-bond donors (Lipinski definition) is 3. The minimum atomic E-state index is -1.07. The molecule has 0 heterocycles. The van der Waals surface area contributed by atoms with Crippen LogP contribution in [0.15, 0.2) is 48.5 Å². The van der Waals surface area contributed by atoms with Gasteiger partial charge in [-0.25, -0.2) is 13.2 Å². The molecule has 0 aromatic heterocycles. The van der Waals surface area contributed by atoms with E-state index >= 15 is 0 Å². The van der Waals surface area contributed by atoms with Crippen LogP contribution in [0.5, 0.6) is 0 Å². The van der Waals surface area contributed by atoms with Gasteiger partial charge in [-0.1, -0.05) is 29.8 Å². The number of halogens is 4. The van der Waals surface area contributed by atoms with Crippen LogP contribution in [0.25, 0.3) is 0 Å². The van der Waals surface area contributed by atoms with Crippen molar-refractivity contribution in [3.8, 4) is 0 Å². The molecule has 3 rings (SSSR count). The van der Waals surface area contributed by atoms with E-state index in [0.717, 1.165) is 24.3 Å². The molecule has 0 unspecified atom stereocenters. The summed E-state index contributed by atoms with van der Waals surface area (Å²) in [6, 6.07) is 9.98. The summed E-state index contributed by atoms with van der Waals surface area (Å²) in [5, 5.41) is 15.0. The molecule has 178 valence electrons. The standard InChI is InChI=1S/C25H22ClF3N2O3/c1-13-8-15(25(2,3)34)5-7-22(13)31-24(33)16-10-17(20(28)11-18(16)26)23(32)30-12-14-4-6-19(27)21(29)9-14/h4-11,34H,12H2,1-3H3,(H,30,32)(H,31,33). The molecule has 0 aliphatic rings. The minimum absolute atomic E-state index is 0.132. The van der Waals surface area contributed by atoms with E-state index in [1.165, 1.54) is 6.07 Å². The van der Waals surface area contributed by atoms with E-state index in [4.69, 9.17) is 11.6 Å². The molecule has 0 saturated carbocycles. The van der Waals surface area contributed by atoms with E-state index in [1.807, 2.05) is 0 Å². The van der Waals surface area contributed by atoms with Crippen molar-refractivity contribution in [2.75, 3.05) is 5.32 Å². The summed E-state index contributed by atoms with van der Waals surface area (Å²) in [4.78, 5) is 25.3. The third-order valence-electron chi connectivity index (χ3n) is 5.16. The van der Waals surface area contributed by atoms with Crippen molar-refractivity contribution >= 4 is 29.1 Å². The number of anilines is 1. The molecule has 2 amide bonds. The summed E-state index contributed by atoms with van der Waals surface area (Å²) in [6.45, 7) is 4.83. The van der Waals surface area contributed by atoms with Gasteiger partial charge < -0.3 is 15.7 Å². The van der Waals surface area contributed by atoms with Gasteiger partial charge in [0.25, 0.3) is 11.8 Å². The smallest absolute Gasteiger partial charge is 0.257 e. The molecule has 0 fully saturated rings. The molecule has 0 aliphatic heterocycles. The number of aryl methyl sites for hydroxylation is 1. The van der Waals surface area contributed by atoms with Crippen LogP contribution in [0.3, 0.4) is 0 Å². The molecule has 0 bridgehead atoms. The lowest BCUT2D eigenvalue weighted by Crippen LogP contribution is -2.25. The SMILES string of the molecule is Cc1cc(C(C)(C)O)ccc1NC(=O)c1cc(C(=O)NCc2ccc(F)c(F)c2)c(F)cc1Cl. The molecule has 3 aromatic rings. The zero-order valence-corrected chi connectivity index (χ0v) is 19.4. The molecule has 3 aromatic carbocycles. The Hall–Kier alpha value is -3.36. The van der Waals surface area contributed by atoms with Crippen LogP contribution in [-0.2, 0) is 12.1 Å². The first-order chi connectivity index (χ1) is 15.9. The third-order valence-corrected chi connectivity index (χ3v) is 5.48. The topological polar surface area (TPSA) is 78.4 Å². The third kappa shape index (κ3) is 5.76. The normalized spacial score (nSPS) is 11.3. The van der Waals surface area contributed by atoms with Gasteiger partial charge in [0.2, 0.25) is 0 Å². The van der Waals surface area contributed by atoms with Crippen LogP contribution >= 0.6 is 11.6 Å². The van der Waals surface area contributed by atoms with Crippen molar-refractivity contribution < 1.29 is 27.9 Å². The summed E-state index contributed by atoms with van der Waals surface area (Å²) in [5.74, 6) is -4.58. The number of nitrogens with one attached hydrogen (secondary N) is 2. The van der Waals surface area contributed by atoms with Crippen molar-refractivity contribution in [1.82, 2.24) is 5.32 Å². The number of benzene rings is 3. The summed E-state index contributed by atoms with van der Waals surface area (Å²) >= 11 is 6.05. The van der Waals surface area contributed by atoms with Crippen molar-refractivity contribution in [2.24, 2.45) is 0 Å². The maximum atomic E-state index is 14.4. The Balaban J connectivity index is 1.80. The monoisotopic (exact) mass is 490 g/mol. The molecule has 3 N–H and O–H groups in total. The maximum absolute atomic E-state index is 14.4. The predicted octanol–water partition coefficient (Wildman–Crippen LogP) is 5.48. The quantitative estimate of drug-likeness (QED) is 0.428. The van der Waals surface area contributed by atoms with Gasteiger partial charge in [0, 0.05) is 12.2 Å². The van der Waals surface area contributed by atoms with Crippen LogP contribution in [0, 0.1) is 24.4 Å².